The van der Waals surface area contributed by atoms with Gasteiger partial charge in [-0.15, -0.1) is 6.42 Å². The van der Waals surface area contributed by atoms with E-state index in [0.717, 1.165) is 15.6 Å². The molecule has 4 amide bonds. The van der Waals surface area contributed by atoms with Crippen molar-refractivity contribution in [2.75, 3.05) is 19.6 Å². The Labute approximate surface area is 229 Å². The number of halogens is 1. The predicted molar refractivity (Wildman–Crippen MR) is 142 cm³/mol. The van der Waals surface area contributed by atoms with Gasteiger partial charge in [-0.05, 0) is 29.7 Å². The number of carbonyl (C=O) groups is 4. The molecule has 0 aliphatic carbocycles. The first-order chi connectivity index (χ1) is 18.3. The fraction of sp³-hybridized carbons (Fsp3) is 0.333. The number of fused-ring (bicyclic) bond motifs is 1. The van der Waals surface area contributed by atoms with Crippen molar-refractivity contribution in [1.29, 1.82) is 0 Å². The van der Waals surface area contributed by atoms with Gasteiger partial charge in [-0.2, -0.15) is 5.01 Å². The Bertz CT molecular complexity index is 1250. The zero-order valence-electron chi connectivity index (χ0n) is 20.6. The van der Waals surface area contributed by atoms with Crippen LogP contribution in [-0.2, 0) is 27.5 Å². The number of carboxylic acids is 1. The number of aliphatic carboxylic acids is 1. The number of piperazine rings is 1. The van der Waals surface area contributed by atoms with Crippen molar-refractivity contribution in [3.8, 4) is 12.3 Å². The molecule has 1 unspecified atom stereocenters. The van der Waals surface area contributed by atoms with Gasteiger partial charge < -0.3 is 20.2 Å². The zero-order valence-corrected chi connectivity index (χ0v) is 22.2. The van der Waals surface area contributed by atoms with Crippen LogP contribution >= 0.6 is 15.9 Å². The van der Waals surface area contributed by atoms with Gasteiger partial charge in [-0.1, -0.05) is 64.3 Å². The Hall–Kier alpha value is -3.88. The zero-order chi connectivity index (χ0) is 27.2. The third kappa shape index (κ3) is 6.15. The van der Waals surface area contributed by atoms with Crippen molar-refractivity contribution < 1.29 is 24.3 Å². The Kier molecular flexibility index (Phi) is 8.66. The molecule has 2 saturated heterocycles. The first-order valence-electron chi connectivity index (χ1n) is 12.1. The number of benzene rings is 2. The van der Waals surface area contributed by atoms with Gasteiger partial charge >= 0.3 is 12.0 Å². The molecule has 2 aliphatic heterocycles. The molecule has 2 N–H and O–H groups in total. The van der Waals surface area contributed by atoms with Gasteiger partial charge in [0.2, 0.25) is 11.8 Å². The number of nitrogens with one attached hydrogen (secondary N) is 1. The van der Waals surface area contributed by atoms with E-state index in [4.69, 9.17) is 6.42 Å². The van der Waals surface area contributed by atoms with Crippen molar-refractivity contribution in [2.45, 2.75) is 38.1 Å². The van der Waals surface area contributed by atoms with E-state index in [1.54, 1.807) is 4.90 Å². The summed E-state index contributed by atoms with van der Waals surface area (Å²) < 4.78 is 0.846. The summed E-state index contributed by atoms with van der Waals surface area (Å²) in [7, 11) is 0. The average Bonchev–Trinajstić information content (AvgIpc) is 2.88. The number of terminal acetylenes is 1. The van der Waals surface area contributed by atoms with E-state index in [9.17, 15) is 24.3 Å². The first kappa shape index (κ1) is 27.2. The van der Waals surface area contributed by atoms with E-state index in [2.05, 4.69) is 27.2 Å². The fourth-order valence-corrected chi connectivity index (χ4v) is 5.27. The van der Waals surface area contributed by atoms with Gasteiger partial charge in [0.1, 0.15) is 12.2 Å². The highest BCUT2D eigenvalue weighted by Crippen LogP contribution is 2.29. The van der Waals surface area contributed by atoms with Crippen molar-refractivity contribution in [3.05, 3.63) is 70.2 Å². The average molecular weight is 582 g/mol. The molecule has 4 rings (SSSR count). The number of hydrogen-bond donors (Lipinski definition) is 2. The maximum absolute atomic E-state index is 13.6. The molecule has 2 aliphatic rings. The number of carboxylic acid groups (broad SMARTS) is 1. The lowest BCUT2D eigenvalue weighted by Gasteiger charge is -2.54. The van der Waals surface area contributed by atoms with E-state index < -0.39 is 24.2 Å². The molecule has 0 bridgehead atoms. The van der Waals surface area contributed by atoms with Crippen LogP contribution in [0.2, 0.25) is 0 Å². The molecule has 198 valence electrons. The van der Waals surface area contributed by atoms with Crippen molar-refractivity contribution in [2.24, 2.45) is 0 Å². The third-order valence-corrected chi connectivity index (χ3v) is 6.99. The fourth-order valence-electron chi connectivity index (χ4n) is 4.83. The Morgan fingerprint density at radius 1 is 1.11 bits per heavy atom. The topological polar surface area (TPSA) is 114 Å². The van der Waals surface area contributed by atoms with Crippen molar-refractivity contribution in [1.82, 2.24) is 25.1 Å². The minimum atomic E-state index is -1.07. The summed E-state index contributed by atoms with van der Waals surface area (Å²) in [6.07, 6.45) is 4.34. The molecule has 0 aromatic heterocycles. The number of carbonyl (C=O) groups excluding carboxylic acids is 3. The molecule has 0 spiro atoms. The lowest BCUT2D eigenvalue weighted by Crippen LogP contribution is -2.76. The van der Waals surface area contributed by atoms with Crippen LogP contribution in [0, 0.1) is 12.3 Å². The molecule has 10 nitrogen and oxygen atoms in total. The van der Waals surface area contributed by atoms with Gasteiger partial charge in [-0.3, -0.25) is 14.4 Å². The van der Waals surface area contributed by atoms with Crippen LogP contribution in [-0.4, -0.2) is 80.6 Å². The van der Waals surface area contributed by atoms with Crippen LogP contribution in [0.1, 0.15) is 24.0 Å². The van der Waals surface area contributed by atoms with Gasteiger partial charge in [0.25, 0.3) is 0 Å². The lowest BCUT2D eigenvalue weighted by molar-refractivity contribution is -0.190. The third-order valence-electron chi connectivity index (χ3n) is 6.49. The largest absolute Gasteiger partial charge is 0.481 e. The molecule has 0 saturated carbocycles. The Balaban J connectivity index is 1.66. The van der Waals surface area contributed by atoms with Crippen LogP contribution < -0.4 is 5.32 Å². The minimum Gasteiger partial charge on any atom is -0.481 e. The number of amides is 4. The molecular weight excluding hydrogens is 554 g/mol. The van der Waals surface area contributed by atoms with E-state index >= 15 is 0 Å². The SMILES string of the molecule is C#CCN1CC(=O)N2C(CCC(=O)O)C(=O)N(Cc3cccc(Br)c3)C[C@@H]2N1C(=O)NCc1ccccc1. The summed E-state index contributed by atoms with van der Waals surface area (Å²) >= 11 is 3.44. The molecule has 2 aromatic rings. The maximum atomic E-state index is 13.6. The number of hydrazine groups is 1. The quantitative estimate of drug-likeness (QED) is 0.462. The van der Waals surface area contributed by atoms with Gasteiger partial charge in [0.15, 0.2) is 0 Å². The van der Waals surface area contributed by atoms with E-state index in [0.29, 0.717) is 0 Å². The second-order valence-corrected chi connectivity index (χ2v) is 10.0. The molecule has 2 fully saturated rings. The molecule has 2 aromatic carbocycles. The normalized spacial score (nSPS) is 19.6. The van der Waals surface area contributed by atoms with E-state index in [1.165, 1.54) is 14.9 Å². The lowest BCUT2D eigenvalue weighted by atomic mass is 10.0. The highest BCUT2D eigenvalue weighted by atomic mass is 79.9. The number of hydrogen-bond acceptors (Lipinski definition) is 5. The second-order valence-electron chi connectivity index (χ2n) is 9.09. The van der Waals surface area contributed by atoms with Crippen LogP contribution in [0.15, 0.2) is 59.1 Å². The van der Waals surface area contributed by atoms with E-state index in [-0.39, 0.29) is 57.4 Å². The maximum Gasteiger partial charge on any atom is 0.334 e. The van der Waals surface area contributed by atoms with Crippen molar-refractivity contribution in [3.63, 3.8) is 0 Å². The minimum absolute atomic E-state index is 0.00814. The van der Waals surface area contributed by atoms with Crippen LogP contribution in [0.25, 0.3) is 0 Å². The Morgan fingerprint density at radius 2 is 1.84 bits per heavy atom. The van der Waals surface area contributed by atoms with Gasteiger partial charge in [-0.25, -0.2) is 9.80 Å². The standard InChI is InChI=1S/C27H28BrN5O5/c1-2-13-31-18-24(34)32-22(11-12-25(35)36)26(37)30(16-20-9-6-10-21(28)14-20)17-23(32)33(31)27(38)29-15-19-7-4-3-5-8-19/h1,3-10,14,22-23H,11-13,15-18H2,(H,29,38)(H,35,36)/t22?,23-/m0/s1. The monoisotopic (exact) mass is 581 g/mol. The van der Waals surface area contributed by atoms with Crippen LogP contribution in [0.5, 0.6) is 0 Å². The summed E-state index contributed by atoms with van der Waals surface area (Å²) in [5.74, 6) is 0.683. The smallest absolute Gasteiger partial charge is 0.334 e. The number of urea groups is 1. The van der Waals surface area contributed by atoms with Crippen LogP contribution in [0.4, 0.5) is 4.79 Å². The molecule has 11 heteroatoms. The van der Waals surface area contributed by atoms with Crippen molar-refractivity contribution >= 4 is 39.7 Å². The summed E-state index contributed by atoms with van der Waals surface area (Å²) in [4.78, 5) is 54.8. The van der Waals surface area contributed by atoms with Crippen LogP contribution in [0.3, 0.4) is 0 Å². The van der Waals surface area contributed by atoms with Gasteiger partial charge in [0.05, 0.1) is 19.6 Å². The highest BCUT2D eigenvalue weighted by molar-refractivity contribution is 9.10. The molecule has 2 heterocycles. The van der Waals surface area contributed by atoms with Gasteiger partial charge in [0, 0.05) is 24.0 Å². The molecule has 2 atom stereocenters. The summed E-state index contributed by atoms with van der Waals surface area (Å²) in [5.41, 5.74) is 1.74. The van der Waals surface area contributed by atoms with E-state index in [1.807, 2.05) is 54.6 Å². The summed E-state index contributed by atoms with van der Waals surface area (Å²) in [6, 6.07) is 15.4. The first-order valence-corrected chi connectivity index (χ1v) is 12.9. The molecule has 38 heavy (non-hydrogen) atoms. The second kappa shape index (κ2) is 12.1. The number of nitrogens with zero attached hydrogens (tertiary/aromatic N) is 4. The predicted octanol–water partition coefficient (Wildman–Crippen LogP) is 2.25. The highest BCUT2D eigenvalue weighted by Gasteiger charge is 2.51. The Morgan fingerprint density at radius 3 is 2.53 bits per heavy atom. The summed E-state index contributed by atoms with van der Waals surface area (Å²) in [6.45, 7) is 0.329. The number of rotatable bonds is 8. The summed E-state index contributed by atoms with van der Waals surface area (Å²) in [5, 5.41) is 15.1. The molecular formula is C27H28BrN5O5. The molecule has 0 radical (unpaired) electrons.